The van der Waals surface area contributed by atoms with Crippen LogP contribution in [0.15, 0.2) is 25.0 Å². The monoisotopic (exact) mass is 474 g/mol. The minimum absolute atomic E-state index is 0.109. The maximum Gasteiger partial charge on any atom is 0.386 e. The summed E-state index contributed by atoms with van der Waals surface area (Å²) in [6.45, 7) is 6.89. The van der Waals surface area contributed by atoms with E-state index in [0.717, 1.165) is 76.6 Å². The van der Waals surface area contributed by atoms with Crippen LogP contribution in [0.3, 0.4) is 0 Å². The highest BCUT2D eigenvalue weighted by Crippen LogP contribution is 2.39. The molecule has 0 radical (unpaired) electrons. The zero-order valence-corrected chi connectivity index (χ0v) is 19.2. The van der Waals surface area contributed by atoms with Crippen molar-refractivity contribution in [3.8, 4) is 5.75 Å². The average molecular weight is 475 g/mol. The summed E-state index contributed by atoms with van der Waals surface area (Å²) >= 11 is 0. The lowest BCUT2D eigenvalue weighted by Gasteiger charge is -2.31. The van der Waals surface area contributed by atoms with Crippen molar-refractivity contribution >= 4 is 0 Å². The molecule has 0 N–H and O–H groups in total. The Balaban J connectivity index is 1.38. The first-order chi connectivity index (χ1) is 15.8. The molecule has 33 heavy (non-hydrogen) atoms. The highest BCUT2D eigenvalue weighted by Gasteiger charge is 2.41. The number of unbranched alkanes of at least 4 members (excludes halogenated alkanes) is 1. The largest absolute Gasteiger partial charge is 0.462 e. The van der Waals surface area contributed by atoms with Gasteiger partial charge in [-0.2, -0.15) is 13.2 Å². The van der Waals surface area contributed by atoms with Crippen molar-refractivity contribution in [2.24, 2.45) is 11.8 Å². The summed E-state index contributed by atoms with van der Waals surface area (Å²) in [5.74, 6) is -2.72. The predicted octanol–water partition coefficient (Wildman–Crippen LogP) is 7.07. The second kappa shape index (κ2) is 12.2. The van der Waals surface area contributed by atoms with E-state index in [1.807, 2.05) is 0 Å². The molecule has 0 unspecified atom stereocenters. The molecule has 0 atom stereocenters. The molecule has 4 nitrogen and oxygen atoms in total. The first-order valence-corrected chi connectivity index (χ1v) is 11.9. The van der Waals surface area contributed by atoms with Crippen LogP contribution in [0, 0.1) is 23.5 Å². The number of ether oxygens (including phenoxy) is 4. The Morgan fingerprint density at radius 1 is 1.00 bits per heavy atom. The summed E-state index contributed by atoms with van der Waals surface area (Å²) in [5.41, 5.74) is -1.13. The quantitative estimate of drug-likeness (QED) is 0.195. The maximum absolute atomic E-state index is 14.6. The molecule has 2 fully saturated rings. The number of hydrogen-bond acceptors (Lipinski definition) is 4. The molecule has 1 aromatic carbocycles. The smallest absolute Gasteiger partial charge is 0.386 e. The van der Waals surface area contributed by atoms with Gasteiger partial charge in [0.1, 0.15) is 0 Å². The molecule has 1 saturated carbocycles. The predicted molar refractivity (Wildman–Crippen MR) is 116 cm³/mol. The number of rotatable bonds is 11. The summed E-state index contributed by atoms with van der Waals surface area (Å²) in [7, 11) is 0. The third kappa shape index (κ3) is 7.17. The van der Waals surface area contributed by atoms with Gasteiger partial charge in [-0.25, -0.2) is 4.39 Å². The highest BCUT2D eigenvalue weighted by molar-refractivity contribution is 5.33. The Morgan fingerprint density at radius 2 is 1.67 bits per heavy atom. The van der Waals surface area contributed by atoms with Gasteiger partial charge < -0.3 is 18.9 Å². The third-order valence-electron chi connectivity index (χ3n) is 6.59. The number of alkyl halides is 2. The molecule has 0 aromatic heterocycles. The van der Waals surface area contributed by atoms with Gasteiger partial charge in [-0.15, -0.1) is 0 Å². The molecule has 2 aliphatic rings. The summed E-state index contributed by atoms with van der Waals surface area (Å²) in [6, 6.07) is 1.72. The summed E-state index contributed by atoms with van der Waals surface area (Å²) < 4.78 is 78.3. The number of benzene rings is 1. The molecule has 1 saturated heterocycles. The van der Waals surface area contributed by atoms with Crippen LogP contribution in [0.25, 0.3) is 0 Å². The molecule has 1 aliphatic carbocycles. The zero-order chi connectivity index (χ0) is 23.8. The molecule has 0 spiro atoms. The average Bonchev–Trinajstić information content (AvgIpc) is 2.81. The molecule has 0 amide bonds. The Bertz CT molecular complexity index is 757. The van der Waals surface area contributed by atoms with E-state index < -0.39 is 35.2 Å². The van der Waals surface area contributed by atoms with Gasteiger partial charge in [0.2, 0.25) is 5.82 Å². The van der Waals surface area contributed by atoms with E-state index in [1.54, 1.807) is 0 Å². The molecule has 0 bridgehead atoms. The number of halogens is 4. The van der Waals surface area contributed by atoms with E-state index >= 15 is 0 Å². The van der Waals surface area contributed by atoms with E-state index in [0.29, 0.717) is 24.7 Å². The van der Waals surface area contributed by atoms with Gasteiger partial charge >= 0.3 is 6.11 Å². The molecule has 1 aliphatic heterocycles. The fourth-order valence-electron chi connectivity index (χ4n) is 4.48. The van der Waals surface area contributed by atoms with E-state index in [-0.39, 0.29) is 6.29 Å². The second-order valence-corrected chi connectivity index (χ2v) is 8.96. The Hall–Kier alpha value is -1.64. The standard InChI is InChI=1S/C25H34F4O4/c1-3-17-15-31-22(32-16-17)8-6-5-7-18-9-11-19(12-10-18)33-25(28,29)20-13-14-21(30-4-2)24(27)23(20)26/h4,13-14,17-19,22H,2-3,5-12,15-16H2,1H3. The molecule has 3 rings (SSSR count). The van der Waals surface area contributed by atoms with Gasteiger partial charge in [-0.3, -0.25) is 0 Å². The fraction of sp³-hybridized carbons (Fsp3) is 0.680. The van der Waals surface area contributed by atoms with Gasteiger partial charge in [0.15, 0.2) is 17.9 Å². The van der Waals surface area contributed by atoms with Crippen molar-refractivity contribution in [1.29, 1.82) is 0 Å². The topological polar surface area (TPSA) is 36.9 Å². The van der Waals surface area contributed by atoms with Gasteiger partial charge in [-0.05, 0) is 63.0 Å². The van der Waals surface area contributed by atoms with Crippen LogP contribution in [-0.4, -0.2) is 25.6 Å². The highest BCUT2D eigenvalue weighted by atomic mass is 19.3. The summed E-state index contributed by atoms with van der Waals surface area (Å²) in [4.78, 5) is 0. The molecule has 1 aromatic rings. The van der Waals surface area contributed by atoms with Crippen LogP contribution in [0.1, 0.15) is 70.3 Å². The minimum Gasteiger partial charge on any atom is -0.462 e. The van der Waals surface area contributed by atoms with Gasteiger partial charge in [-0.1, -0.05) is 26.3 Å². The van der Waals surface area contributed by atoms with Crippen LogP contribution in [0.4, 0.5) is 17.6 Å². The van der Waals surface area contributed by atoms with Crippen LogP contribution >= 0.6 is 0 Å². The third-order valence-corrected chi connectivity index (χ3v) is 6.59. The summed E-state index contributed by atoms with van der Waals surface area (Å²) in [5, 5.41) is 0. The maximum atomic E-state index is 14.6. The van der Waals surface area contributed by atoms with Crippen LogP contribution in [0.2, 0.25) is 0 Å². The second-order valence-electron chi connectivity index (χ2n) is 8.96. The van der Waals surface area contributed by atoms with Crippen molar-refractivity contribution in [1.82, 2.24) is 0 Å². The van der Waals surface area contributed by atoms with Crippen LogP contribution in [0.5, 0.6) is 5.75 Å². The molecule has 186 valence electrons. The fourth-order valence-corrected chi connectivity index (χ4v) is 4.48. The van der Waals surface area contributed by atoms with E-state index in [1.165, 1.54) is 0 Å². The van der Waals surface area contributed by atoms with Gasteiger partial charge in [0.25, 0.3) is 0 Å². The van der Waals surface area contributed by atoms with Crippen molar-refractivity contribution in [2.45, 2.75) is 83.2 Å². The number of hydrogen-bond donors (Lipinski definition) is 0. The van der Waals surface area contributed by atoms with Crippen LogP contribution < -0.4 is 4.74 Å². The molecular formula is C25H34F4O4. The Kier molecular flexibility index (Phi) is 9.58. The van der Waals surface area contributed by atoms with Crippen molar-refractivity contribution in [3.05, 3.63) is 42.2 Å². The van der Waals surface area contributed by atoms with Crippen LogP contribution in [-0.2, 0) is 20.3 Å². The molecular weight excluding hydrogens is 440 g/mol. The lowest BCUT2D eigenvalue weighted by Crippen LogP contribution is -2.31. The SMILES string of the molecule is C=COc1ccc(C(F)(F)OC2CCC(CCCCC3OCC(CC)CO3)CC2)c(F)c1F. The van der Waals surface area contributed by atoms with Crippen molar-refractivity contribution in [2.75, 3.05) is 13.2 Å². The Labute approximate surface area is 193 Å². The molecule has 8 heteroatoms. The van der Waals surface area contributed by atoms with E-state index in [2.05, 4.69) is 18.2 Å². The lowest BCUT2D eigenvalue weighted by atomic mass is 9.84. The van der Waals surface area contributed by atoms with Crippen molar-refractivity contribution in [3.63, 3.8) is 0 Å². The van der Waals surface area contributed by atoms with Gasteiger partial charge in [0, 0.05) is 5.92 Å². The van der Waals surface area contributed by atoms with E-state index in [4.69, 9.17) is 14.2 Å². The summed E-state index contributed by atoms with van der Waals surface area (Å²) in [6.07, 6.45) is 3.66. The first-order valence-electron chi connectivity index (χ1n) is 11.9. The Morgan fingerprint density at radius 3 is 2.30 bits per heavy atom. The zero-order valence-electron chi connectivity index (χ0n) is 19.2. The first kappa shape index (κ1) is 26.0. The normalized spacial score (nSPS) is 26.2. The van der Waals surface area contributed by atoms with Gasteiger partial charge in [0.05, 0.1) is 31.1 Å². The lowest BCUT2D eigenvalue weighted by molar-refractivity contribution is -0.279. The molecule has 1 heterocycles. The van der Waals surface area contributed by atoms with Crippen molar-refractivity contribution < 1.29 is 36.5 Å². The minimum atomic E-state index is -3.92. The van der Waals surface area contributed by atoms with E-state index in [9.17, 15) is 17.6 Å².